The summed E-state index contributed by atoms with van der Waals surface area (Å²) in [5.41, 5.74) is 0.455. The number of fused-ring (bicyclic) bond motifs is 10. The van der Waals surface area contributed by atoms with Gasteiger partial charge in [0.25, 0.3) is 0 Å². The Bertz CT molecular complexity index is 306. The largest absolute Gasteiger partial charge is 0.369 e. The van der Waals surface area contributed by atoms with Gasteiger partial charge in [0.15, 0.2) is 0 Å². The number of rotatable bonds is 0. The standard InChI is InChI=1S/C13H18O/c1-2-8-3-7(1)11-9-4-10(12(8)11)13(5-9)6-14-13/h7-12H,1-6H2. The molecule has 1 spiro atoms. The summed E-state index contributed by atoms with van der Waals surface area (Å²) in [7, 11) is 0. The molecular weight excluding hydrogens is 172 g/mol. The van der Waals surface area contributed by atoms with Gasteiger partial charge >= 0.3 is 0 Å². The van der Waals surface area contributed by atoms with E-state index in [1.165, 1.54) is 6.42 Å². The van der Waals surface area contributed by atoms with E-state index in [2.05, 4.69) is 0 Å². The molecule has 0 N–H and O–H groups in total. The van der Waals surface area contributed by atoms with E-state index in [1.807, 2.05) is 0 Å². The fourth-order valence-electron chi connectivity index (χ4n) is 6.12. The second-order valence-corrected chi connectivity index (χ2v) is 6.65. The summed E-state index contributed by atoms with van der Waals surface area (Å²) in [5.74, 6) is 6.65. The van der Waals surface area contributed by atoms with Crippen LogP contribution in [0.1, 0.15) is 32.1 Å². The van der Waals surface area contributed by atoms with Gasteiger partial charge in [0.05, 0.1) is 12.2 Å². The minimum atomic E-state index is 0.455. The van der Waals surface area contributed by atoms with Crippen molar-refractivity contribution in [1.29, 1.82) is 0 Å². The van der Waals surface area contributed by atoms with Crippen LogP contribution in [0.3, 0.4) is 0 Å². The van der Waals surface area contributed by atoms with Crippen LogP contribution >= 0.6 is 0 Å². The molecule has 0 aromatic heterocycles. The van der Waals surface area contributed by atoms with E-state index in [1.54, 1.807) is 25.7 Å². The predicted molar refractivity (Wildman–Crippen MR) is 52.7 cm³/mol. The zero-order valence-electron chi connectivity index (χ0n) is 8.61. The molecule has 5 rings (SSSR count). The first-order valence-electron chi connectivity index (χ1n) is 6.51. The Labute approximate surface area is 85.2 Å². The third-order valence-corrected chi connectivity index (χ3v) is 6.41. The molecule has 0 aromatic carbocycles. The van der Waals surface area contributed by atoms with Crippen LogP contribution < -0.4 is 0 Å². The maximum absolute atomic E-state index is 5.81. The van der Waals surface area contributed by atoms with Gasteiger partial charge in [0.2, 0.25) is 0 Å². The summed E-state index contributed by atoms with van der Waals surface area (Å²) in [5, 5.41) is 0. The molecule has 1 nitrogen and oxygen atoms in total. The van der Waals surface area contributed by atoms with E-state index < -0.39 is 0 Å². The molecule has 0 radical (unpaired) electrons. The Morgan fingerprint density at radius 1 is 0.929 bits per heavy atom. The van der Waals surface area contributed by atoms with Gasteiger partial charge in [-0.25, -0.2) is 0 Å². The highest BCUT2D eigenvalue weighted by molar-refractivity contribution is 5.19. The Morgan fingerprint density at radius 3 is 2.50 bits per heavy atom. The average Bonchev–Trinajstić information content (AvgIpc) is 2.65. The summed E-state index contributed by atoms with van der Waals surface area (Å²) >= 11 is 0. The summed E-state index contributed by atoms with van der Waals surface area (Å²) < 4.78 is 5.81. The van der Waals surface area contributed by atoms with Gasteiger partial charge < -0.3 is 4.74 Å². The zero-order chi connectivity index (χ0) is 8.91. The van der Waals surface area contributed by atoms with Gasteiger partial charge in [-0.2, -0.15) is 0 Å². The average molecular weight is 190 g/mol. The molecule has 7 unspecified atom stereocenters. The molecule has 4 bridgehead atoms. The predicted octanol–water partition coefficient (Wildman–Crippen LogP) is 2.46. The molecule has 4 saturated carbocycles. The topological polar surface area (TPSA) is 12.5 Å². The van der Waals surface area contributed by atoms with Crippen molar-refractivity contribution in [2.24, 2.45) is 35.5 Å². The summed E-state index contributed by atoms with van der Waals surface area (Å²) in [4.78, 5) is 0. The van der Waals surface area contributed by atoms with E-state index >= 15 is 0 Å². The molecule has 1 heterocycles. The molecule has 1 aliphatic heterocycles. The normalized spacial score (nSPS) is 72.0. The zero-order valence-corrected chi connectivity index (χ0v) is 8.61. The molecule has 5 aliphatic rings. The Kier molecular flexibility index (Phi) is 1.00. The number of ether oxygens (including phenoxy) is 1. The second-order valence-electron chi connectivity index (χ2n) is 6.65. The van der Waals surface area contributed by atoms with Crippen LogP contribution in [0.15, 0.2) is 0 Å². The Balaban J connectivity index is 1.61. The first-order valence-corrected chi connectivity index (χ1v) is 6.51. The van der Waals surface area contributed by atoms with Gasteiger partial charge in [0, 0.05) is 0 Å². The molecule has 7 atom stereocenters. The lowest BCUT2D eigenvalue weighted by Gasteiger charge is -2.37. The van der Waals surface area contributed by atoms with E-state index in [-0.39, 0.29) is 0 Å². The van der Waals surface area contributed by atoms with Gasteiger partial charge in [-0.3, -0.25) is 0 Å². The van der Waals surface area contributed by atoms with Crippen LogP contribution in [0.5, 0.6) is 0 Å². The van der Waals surface area contributed by atoms with Crippen molar-refractivity contribution in [1.82, 2.24) is 0 Å². The van der Waals surface area contributed by atoms with E-state index in [4.69, 9.17) is 4.74 Å². The quantitative estimate of drug-likeness (QED) is 0.422. The number of hydrogen-bond donors (Lipinski definition) is 0. The molecule has 0 amide bonds. The maximum Gasteiger partial charge on any atom is 0.0950 e. The van der Waals surface area contributed by atoms with Crippen molar-refractivity contribution in [3.8, 4) is 0 Å². The van der Waals surface area contributed by atoms with Crippen LogP contribution in [-0.4, -0.2) is 12.2 Å². The van der Waals surface area contributed by atoms with Crippen LogP contribution in [-0.2, 0) is 4.74 Å². The lowest BCUT2D eigenvalue weighted by molar-refractivity contribution is 0.0786. The number of hydrogen-bond acceptors (Lipinski definition) is 1. The van der Waals surface area contributed by atoms with Crippen molar-refractivity contribution in [2.75, 3.05) is 6.61 Å². The summed E-state index contributed by atoms with van der Waals surface area (Å²) in [6.07, 6.45) is 7.72. The molecule has 5 fully saturated rings. The van der Waals surface area contributed by atoms with E-state index in [0.29, 0.717) is 5.60 Å². The fraction of sp³-hybridized carbons (Fsp3) is 1.00. The molecule has 1 heteroatoms. The summed E-state index contributed by atoms with van der Waals surface area (Å²) in [6.45, 7) is 1.12. The third-order valence-electron chi connectivity index (χ3n) is 6.41. The highest BCUT2D eigenvalue weighted by Crippen LogP contribution is 2.72. The number of epoxide rings is 1. The smallest absolute Gasteiger partial charge is 0.0950 e. The lowest BCUT2D eigenvalue weighted by atomic mass is 9.67. The highest BCUT2D eigenvalue weighted by atomic mass is 16.6. The molecular formula is C13H18O. The van der Waals surface area contributed by atoms with Crippen LogP contribution in [0.4, 0.5) is 0 Å². The molecule has 14 heavy (non-hydrogen) atoms. The first kappa shape index (κ1) is 7.27. The van der Waals surface area contributed by atoms with Gasteiger partial charge in [0.1, 0.15) is 0 Å². The molecule has 4 aliphatic carbocycles. The van der Waals surface area contributed by atoms with Gasteiger partial charge in [-0.05, 0) is 67.6 Å². The van der Waals surface area contributed by atoms with Crippen molar-refractivity contribution < 1.29 is 4.74 Å². The van der Waals surface area contributed by atoms with Crippen molar-refractivity contribution in [3.05, 3.63) is 0 Å². The van der Waals surface area contributed by atoms with Crippen molar-refractivity contribution in [2.45, 2.75) is 37.7 Å². The Morgan fingerprint density at radius 2 is 1.71 bits per heavy atom. The summed E-state index contributed by atoms with van der Waals surface area (Å²) in [6, 6.07) is 0. The SMILES string of the molecule is C1CC2CC1C1C3CC(C21)C1(CO1)C3. The van der Waals surface area contributed by atoms with Crippen LogP contribution in [0.25, 0.3) is 0 Å². The van der Waals surface area contributed by atoms with Gasteiger partial charge in [-0.1, -0.05) is 0 Å². The van der Waals surface area contributed by atoms with E-state index in [9.17, 15) is 0 Å². The van der Waals surface area contributed by atoms with Gasteiger partial charge in [-0.15, -0.1) is 0 Å². The van der Waals surface area contributed by atoms with Crippen LogP contribution in [0.2, 0.25) is 0 Å². The van der Waals surface area contributed by atoms with Crippen molar-refractivity contribution in [3.63, 3.8) is 0 Å². The monoisotopic (exact) mass is 190 g/mol. The lowest BCUT2D eigenvalue weighted by Crippen LogP contribution is -2.37. The van der Waals surface area contributed by atoms with E-state index in [0.717, 1.165) is 42.1 Å². The minimum absolute atomic E-state index is 0.455. The fourth-order valence-corrected chi connectivity index (χ4v) is 6.12. The minimum Gasteiger partial charge on any atom is -0.369 e. The van der Waals surface area contributed by atoms with Crippen LogP contribution in [0, 0.1) is 35.5 Å². The second kappa shape index (κ2) is 1.93. The maximum atomic E-state index is 5.81. The molecule has 76 valence electrons. The van der Waals surface area contributed by atoms with Crippen molar-refractivity contribution >= 4 is 0 Å². The Hall–Kier alpha value is -0.0400. The molecule has 0 aromatic rings. The molecule has 1 saturated heterocycles. The third kappa shape index (κ3) is 0.599. The highest BCUT2D eigenvalue weighted by Gasteiger charge is 2.71. The first-order chi connectivity index (χ1) is 6.87.